The Morgan fingerprint density at radius 1 is 1.38 bits per heavy atom. The molecule has 2 rings (SSSR count). The Bertz CT molecular complexity index is 409. The fourth-order valence-electron chi connectivity index (χ4n) is 2.61. The summed E-state index contributed by atoms with van der Waals surface area (Å²) in [5.41, 5.74) is 6.95. The molecule has 0 radical (unpaired) electrons. The number of nitrogens with two attached hydrogens (primary N) is 1. The highest BCUT2D eigenvalue weighted by atomic mass is 35.5. The number of rotatable bonds is 2. The minimum Gasteiger partial charge on any atom is -0.330 e. The largest absolute Gasteiger partial charge is 0.330 e. The third kappa shape index (κ3) is 1.82. The molecule has 4 heteroatoms. The molecule has 1 fully saturated rings. The van der Waals surface area contributed by atoms with Crippen LogP contribution in [0.25, 0.3) is 0 Å². The van der Waals surface area contributed by atoms with Gasteiger partial charge in [-0.15, -0.1) is 0 Å². The number of hydrogen-bond donors (Lipinski definition) is 1. The maximum atomic E-state index is 13.0. The molecule has 1 aromatic rings. The highest BCUT2D eigenvalue weighted by molar-refractivity contribution is 6.30. The Balaban J connectivity index is 2.36. The monoisotopic (exact) mass is 245 g/mol. The van der Waals surface area contributed by atoms with E-state index in [4.69, 9.17) is 17.3 Å². The Kier molecular flexibility index (Phi) is 2.71. The van der Waals surface area contributed by atoms with Crippen LogP contribution in [0.15, 0.2) is 18.2 Å². The van der Waals surface area contributed by atoms with E-state index in [2.05, 4.69) is 0 Å². The summed E-state index contributed by atoms with van der Waals surface area (Å²) in [7, 11) is 0. The zero-order valence-corrected chi connectivity index (χ0v) is 9.82. The Labute approximate surface area is 98.6 Å². The number of alkyl halides is 2. The van der Waals surface area contributed by atoms with E-state index in [1.807, 2.05) is 13.0 Å². The first-order valence-electron chi connectivity index (χ1n) is 5.23. The summed E-state index contributed by atoms with van der Waals surface area (Å²) in [6.07, 6.45) is -0.308. The Morgan fingerprint density at radius 2 is 2.00 bits per heavy atom. The predicted molar refractivity (Wildman–Crippen MR) is 61.1 cm³/mol. The minimum absolute atomic E-state index is 0.154. The molecule has 0 heterocycles. The summed E-state index contributed by atoms with van der Waals surface area (Å²) < 4.78 is 26.1. The first kappa shape index (κ1) is 11.8. The molecule has 1 aliphatic carbocycles. The fraction of sp³-hybridized carbons (Fsp3) is 0.500. The summed E-state index contributed by atoms with van der Waals surface area (Å²) in [5.74, 6) is -2.56. The van der Waals surface area contributed by atoms with Gasteiger partial charge in [0.15, 0.2) is 0 Å². The molecular formula is C12H14ClF2N. The molecule has 0 aliphatic heterocycles. The molecule has 0 unspecified atom stereocenters. The van der Waals surface area contributed by atoms with Crippen LogP contribution in [0.1, 0.15) is 24.0 Å². The summed E-state index contributed by atoms with van der Waals surface area (Å²) in [6.45, 7) is 2.14. The SMILES string of the molecule is Cc1cc(Cl)ccc1C1(CN)CC(F)(F)C1. The van der Waals surface area contributed by atoms with Crippen molar-refractivity contribution in [3.63, 3.8) is 0 Å². The molecule has 1 aliphatic rings. The highest BCUT2D eigenvalue weighted by Crippen LogP contribution is 2.53. The molecule has 1 nitrogen and oxygen atoms in total. The van der Waals surface area contributed by atoms with E-state index in [0.717, 1.165) is 11.1 Å². The van der Waals surface area contributed by atoms with Crippen LogP contribution in [0, 0.1) is 6.92 Å². The quantitative estimate of drug-likeness (QED) is 0.850. The molecule has 1 saturated carbocycles. The van der Waals surface area contributed by atoms with Crippen molar-refractivity contribution in [2.24, 2.45) is 5.73 Å². The first-order chi connectivity index (χ1) is 7.38. The Morgan fingerprint density at radius 3 is 2.44 bits per heavy atom. The molecule has 0 aromatic heterocycles. The molecule has 88 valence electrons. The van der Waals surface area contributed by atoms with Gasteiger partial charge in [-0.05, 0) is 30.2 Å². The molecule has 0 amide bonds. The number of aryl methyl sites for hydroxylation is 1. The summed E-state index contributed by atoms with van der Waals surface area (Å²) in [6, 6.07) is 5.35. The standard InChI is InChI=1S/C12H14ClF2N/c1-8-4-9(13)2-3-10(8)11(7-16)5-12(14,15)6-11/h2-4H,5-7,16H2,1H3. The van der Waals surface area contributed by atoms with Gasteiger partial charge in [-0.1, -0.05) is 17.7 Å². The number of benzene rings is 1. The molecule has 0 spiro atoms. The molecule has 16 heavy (non-hydrogen) atoms. The van der Waals surface area contributed by atoms with Gasteiger partial charge >= 0.3 is 0 Å². The van der Waals surface area contributed by atoms with Crippen LogP contribution >= 0.6 is 11.6 Å². The lowest BCUT2D eigenvalue weighted by molar-refractivity contribution is -0.123. The normalized spacial score (nSPS) is 21.6. The second kappa shape index (κ2) is 3.67. The zero-order chi connectivity index (χ0) is 12.0. The lowest BCUT2D eigenvalue weighted by Gasteiger charge is -2.47. The minimum atomic E-state index is -2.56. The van der Waals surface area contributed by atoms with Crippen molar-refractivity contribution in [3.8, 4) is 0 Å². The van der Waals surface area contributed by atoms with Crippen molar-refractivity contribution in [2.45, 2.75) is 31.1 Å². The average Bonchev–Trinajstić information content (AvgIpc) is 2.13. The third-order valence-corrected chi connectivity index (χ3v) is 3.58. The van der Waals surface area contributed by atoms with E-state index in [1.165, 1.54) is 0 Å². The molecule has 1 aromatic carbocycles. The topological polar surface area (TPSA) is 26.0 Å². The third-order valence-electron chi connectivity index (χ3n) is 3.34. The van der Waals surface area contributed by atoms with Gasteiger partial charge in [-0.25, -0.2) is 8.78 Å². The smallest absolute Gasteiger partial charge is 0.250 e. The highest BCUT2D eigenvalue weighted by Gasteiger charge is 2.56. The second-order valence-electron chi connectivity index (χ2n) is 4.65. The van der Waals surface area contributed by atoms with Crippen LogP contribution in [-0.2, 0) is 5.41 Å². The van der Waals surface area contributed by atoms with Crippen LogP contribution in [-0.4, -0.2) is 12.5 Å². The van der Waals surface area contributed by atoms with Gasteiger partial charge in [0.25, 0.3) is 0 Å². The van der Waals surface area contributed by atoms with Gasteiger partial charge < -0.3 is 5.73 Å². The molecule has 0 bridgehead atoms. The molecule has 2 N–H and O–H groups in total. The van der Waals surface area contributed by atoms with Gasteiger partial charge in [0.1, 0.15) is 0 Å². The maximum Gasteiger partial charge on any atom is 0.250 e. The van der Waals surface area contributed by atoms with Crippen LogP contribution in [0.5, 0.6) is 0 Å². The molecule has 0 saturated heterocycles. The van der Waals surface area contributed by atoms with Crippen LogP contribution in [0.3, 0.4) is 0 Å². The van der Waals surface area contributed by atoms with Crippen molar-refractivity contribution in [1.29, 1.82) is 0 Å². The predicted octanol–water partition coefficient (Wildman–Crippen LogP) is 3.27. The van der Waals surface area contributed by atoms with Crippen molar-refractivity contribution < 1.29 is 8.78 Å². The summed E-state index contributed by atoms with van der Waals surface area (Å²) >= 11 is 5.85. The van der Waals surface area contributed by atoms with Crippen LogP contribution < -0.4 is 5.73 Å². The lowest BCUT2D eigenvalue weighted by atomic mass is 9.61. The van der Waals surface area contributed by atoms with E-state index < -0.39 is 11.3 Å². The van der Waals surface area contributed by atoms with Crippen molar-refractivity contribution in [3.05, 3.63) is 34.3 Å². The fourth-order valence-corrected chi connectivity index (χ4v) is 2.83. The van der Waals surface area contributed by atoms with Gasteiger partial charge in [0, 0.05) is 29.8 Å². The van der Waals surface area contributed by atoms with E-state index in [0.29, 0.717) is 5.02 Å². The van der Waals surface area contributed by atoms with Gasteiger partial charge in [-0.2, -0.15) is 0 Å². The number of halogens is 3. The van der Waals surface area contributed by atoms with Crippen molar-refractivity contribution in [1.82, 2.24) is 0 Å². The molecule has 0 atom stereocenters. The second-order valence-corrected chi connectivity index (χ2v) is 5.09. The van der Waals surface area contributed by atoms with Gasteiger partial charge in [0.05, 0.1) is 0 Å². The van der Waals surface area contributed by atoms with E-state index in [1.54, 1.807) is 12.1 Å². The lowest BCUT2D eigenvalue weighted by Crippen LogP contribution is -2.54. The summed E-state index contributed by atoms with van der Waals surface area (Å²) in [4.78, 5) is 0. The van der Waals surface area contributed by atoms with E-state index in [-0.39, 0.29) is 19.4 Å². The van der Waals surface area contributed by atoms with Crippen LogP contribution in [0.4, 0.5) is 8.78 Å². The maximum absolute atomic E-state index is 13.0. The molecular weight excluding hydrogens is 232 g/mol. The van der Waals surface area contributed by atoms with Gasteiger partial charge in [0.2, 0.25) is 5.92 Å². The van der Waals surface area contributed by atoms with E-state index in [9.17, 15) is 8.78 Å². The Hall–Kier alpha value is -0.670. The zero-order valence-electron chi connectivity index (χ0n) is 9.06. The van der Waals surface area contributed by atoms with Gasteiger partial charge in [-0.3, -0.25) is 0 Å². The van der Waals surface area contributed by atoms with Crippen molar-refractivity contribution in [2.75, 3.05) is 6.54 Å². The van der Waals surface area contributed by atoms with E-state index >= 15 is 0 Å². The van der Waals surface area contributed by atoms with Crippen LogP contribution in [0.2, 0.25) is 5.02 Å². The first-order valence-corrected chi connectivity index (χ1v) is 5.61. The van der Waals surface area contributed by atoms with Crippen molar-refractivity contribution >= 4 is 11.6 Å². The summed E-state index contributed by atoms with van der Waals surface area (Å²) in [5, 5.41) is 0.625. The number of hydrogen-bond acceptors (Lipinski definition) is 1. The average molecular weight is 246 g/mol.